The molecule has 0 atom stereocenters. The zero-order chi connectivity index (χ0) is 17.9. The molecule has 3 rings (SSSR count). The number of aromatic nitrogens is 1. The Hall–Kier alpha value is -1.97. The number of carbonyl (C=O) groups excluding carboxylic acids is 1. The van der Waals surface area contributed by atoms with Crippen molar-refractivity contribution in [3.05, 3.63) is 31.0 Å². The zero-order valence-electron chi connectivity index (χ0n) is 14.0. The molecule has 0 radical (unpaired) electrons. The maximum absolute atomic E-state index is 12.6. The Morgan fingerprint density at radius 1 is 1.12 bits per heavy atom. The van der Waals surface area contributed by atoms with Crippen LogP contribution in [0.2, 0.25) is 0 Å². The lowest BCUT2D eigenvalue weighted by atomic mass is 10.3. The molecule has 2 aliphatic rings. The number of amides is 1. The van der Waals surface area contributed by atoms with E-state index in [0.29, 0.717) is 58.3 Å². The minimum Gasteiger partial charge on any atom is -0.379 e. The van der Waals surface area contributed by atoms with E-state index >= 15 is 0 Å². The third-order valence-electron chi connectivity index (χ3n) is 4.42. The number of rotatable bonds is 4. The van der Waals surface area contributed by atoms with Crippen LogP contribution in [0.5, 0.6) is 0 Å². The number of nitrogens with zero attached hydrogens (tertiary/aromatic N) is 4. The predicted octanol–water partition coefficient (Wildman–Crippen LogP) is -0.0629. The fraction of sp³-hybridized carbons (Fsp3) is 0.500. The first kappa shape index (κ1) is 17.8. The topological polar surface area (TPSA) is 83.1 Å². The maximum Gasteiger partial charge on any atom is 0.246 e. The molecule has 1 aromatic rings. The lowest BCUT2D eigenvalue weighted by Crippen LogP contribution is -2.48. The highest BCUT2D eigenvalue weighted by Crippen LogP contribution is 2.20. The third-order valence-corrected chi connectivity index (χ3v) is 6.30. The van der Waals surface area contributed by atoms with Crippen LogP contribution >= 0.6 is 0 Å². The molecular weight excluding hydrogens is 344 g/mol. The van der Waals surface area contributed by atoms with Crippen molar-refractivity contribution in [2.75, 3.05) is 57.4 Å². The van der Waals surface area contributed by atoms with Crippen LogP contribution in [-0.2, 0) is 19.6 Å². The van der Waals surface area contributed by atoms with E-state index in [0.717, 1.165) is 0 Å². The first-order valence-electron chi connectivity index (χ1n) is 8.22. The molecule has 0 bridgehead atoms. The molecule has 0 N–H and O–H groups in total. The Bertz CT molecular complexity index is 721. The summed E-state index contributed by atoms with van der Waals surface area (Å²) >= 11 is 0. The lowest BCUT2D eigenvalue weighted by molar-refractivity contribution is -0.126. The quantitative estimate of drug-likeness (QED) is 0.694. The molecule has 2 fully saturated rings. The van der Waals surface area contributed by atoms with Crippen LogP contribution in [0.4, 0.5) is 5.82 Å². The number of hydrogen-bond acceptors (Lipinski definition) is 6. The highest BCUT2D eigenvalue weighted by molar-refractivity contribution is 7.89. The molecule has 0 aliphatic carbocycles. The van der Waals surface area contributed by atoms with Crippen LogP contribution in [0, 0.1) is 0 Å². The molecule has 0 spiro atoms. The first-order chi connectivity index (χ1) is 12.0. The van der Waals surface area contributed by atoms with Crippen molar-refractivity contribution in [2.24, 2.45) is 0 Å². The Kier molecular flexibility index (Phi) is 5.36. The summed E-state index contributed by atoms with van der Waals surface area (Å²) in [6, 6.07) is 3.31. The van der Waals surface area contributed by atoms with E-state index in [4.69, 9.17) is 4.74 Å². The van der Waals surface area contributed by atoms with Gasteiger partial charge in [0.05, 0.1) is 13.2 Å². The Labute approximate surface area is 147 Å². The molecule has 1 amide bonds. The van der Waals surface area contributed by atoms with Crippen LogP contribution in [0.15, 0.2) is 35.9 Å². The molecule has 0 unspecified atom stereocenters. The highest BCUT2D eigenvalue weighted by atomic mass is 32.2. The number of carbonyl (C=O) groups is 1. The molecule has 1 aromatic heterocycles. The number of ether oxygens (including phenoxy) is 1. The van der Waals surface area contributed by atoms with E-state index in [1.165, 1.54) is 16.6 Å². The van der Waals surface area contributed by atoms with E-state index in [9.17, 15) is 13.2 Å². The van der Waals surface area contributed by atoms with Gasteiger partial charge in [0.1, 0.15) is 10.7 Å². The zero-order valence-corrected chi connectivity index (χ0v) is 14.8. The van der Waals surface area contributed by atoms with Gasteiger partial charge in [0.2, 0.25) is 15.9 Å². The minimum atomic E-state index is -3.52. The van der Waals surface area contributed by atoms with Gasteiger partial charge in [-0.2, -0.15) is 4.31 Å². The second kappa shape index (κ2) is 7.51. The average molecular weight is 366 g/mol. The average Bonchev–Trinajstić information content (AvgIpc) is 2.68. The molecule has 0 saturated carbocycles. The number of pyridine rings is 1. The number of hydrogen-bond donors (Lipinski definition) is 0. The molecule has 25 heavy (non-hydrogen) atoms. The normalized spacial score (nSPS) is 19.7. The summed E-state index contributed by atoms with van der Waals surface area (Å²) in [7, 11) is -3.52. The monoisotopic (exact) mass is 366 g/mol. The van der Waals surface area contributed by atoms with Gasteiger partial charge in [-0.25, -0.2) is 13.4 Å². The summed E-state index contributed by atoms with van der Waals surface area (Å²) in [5, 5.41) is 0. The van der Waals surface area contributed by atoms with Crippen molar-refractivity contribution in [1.82, 2.24) is 14.2 Å². The van der Waals surface area contributed by atoms with E-state index in [-0.39, 0.29) is 10.8 Å². The first-order valence-corrected chi connectivity index (χ1v) is 9.66. The predicted molar refractivity (Wildman–Crippen MR) is 92.8 cm³/mol. The second-order valence-corrected chi connectivity index (χ2v) is 7.82. The standard InChI is InChI=1S/C16H22N4O4S/c1-2-16(21)19-7-5-18(6-8-19)15-4-3-14(13-17-15)25(22,23)20-9-11-24-12-10-20/h2-4,13H,1,5-12H2. The van der Waals surface area contributed by atoms with E-state index < -0.39 is 10.0 Å². The van der Waals surface area contributed by atoms with Gasteiger partial charge in [0.25, 0.3) is 0 Å². The van der Waals surface area contributed by atoms with E-state index in [1.54, 1.807) is 17.0 Å². The van der Waals surface area contributed by atoms with Gasteiger partial charge in [0, 0.05) is 45.5 Å². The Morgan fingerprint density at radius 2 is 1.80 bits per heavy atom. The molecular formula is C16H22N4O4S. The van der Waals surface area contributed by atoms with Gasteiger partial charge < -0.3 is 14.5 Å². The van der Waals surface area contributed by atoms with Gasteiger partial charge >= 0.3 is 0 Å². The summed E-state index contributed by atoms with van der Waals surface area (Å²) in [4.78, 5) is 19.9. The minimum absolute atomic E-state index is 0.0699. The fourth-order valence-electron chi connectivity index (χ4n) is 2.93. The van der Waals surface area contributed by atoms with Crippen LogP contribution in [0.1, 0.15) is 0 Å². The summed E-state index contributed by atoms with van der Waals surface area (Å²) < 4.78 is 31.8. The Morgan fingerprint density at radius 3 is 2.36 bits per heavy atom. The van der Waals surface area contributed by atoms with Gasteiger partial charge in [-0.1, -0.05) is 6.58 Å². The fourth-order valence-corrected chi connectivity index (χ4v) is 4.29. The van der Waals surface area contributed by atoms with E-state index in [2.05, 4.69) is 11.6 Å². The molecule has 2 aliphatic heterocycles. The summed E-state index contributed by atoms with van der Waals surface area (Å²) in [6.07, 6.45) is 2.72. The van der Waals surface area contributed by atoms with Crippen LogP contribution in [0.25, 0.3) is 0 Å². The van der Waals surface area contributed by atoms with Crippen LogP contribution < -0.4 is 4.90 Å². The lowest BCUT2D eigenvalue weighted by Gasteiger charge is -2.35. The molecule has 8 nitrogen and oxygen atoms in total. The second-order valence-electron chi connectivity index (χ2n) is 5.89. The number of sulfonamides is 1. The summed E-state index contributed by atoms with van der Waals surface area (Å²) in [6.45, 7) is 7.56. The number of piperazine rings is 1. The molecule has 9 heteroatoms. The highest BCUT2D eigenvalue weighted by Gasteiger charge is 2.27. The Balaban J connectivity index is 1.66. The van der Waals surface area contributed by atoms with Gasteiger partial charge in [-0.3, -0.25) is 4.79 Å². The van der Waals surface area contributed by atoms with Crippen molar-refractivity contribution < 1.29 is 17.9 Å². The van der Waals surface area contributed by atoms with Crippen LogP contribution in [0.3, 0.4) is 0 Å². The number of morpholine rings is 1. The molecule has 136 valence electrons. The van der Waals surface area contributed by atoms with Crippen molar-refractivity contribution >= 4 is 21.7 Å². The summed E-state index contributed by atoms with van der Waals surface area (Å²) in [5.74, 6) is 0.645. The largest absolute Gasteiger partial charge is 0.379 e. The van der Waals surface area contributed by atoms with Crippen molar-refractivity contribution in [3.63, 3.8) is 0 Å². The van der Waals surface area contributed by atoms with E-state index in [1.807, 2.05) is 4.90 Å². The van der Waals surface area contributed by atoms with Crippen molar-refractivity contribution in [1.29, 1.82) is 0 Å². The molecule has 0 aromatic carbocycles. The molecule has 2 saturated heterocycles. The van der Waals surface area contributed by atoms with Gasteiger partial charge in [0.15, 0.2) is 0 Å². The van der Waals surface area contributed by atoms with Gasteiger partial charge in [-0.15, -0.1) is 0 Å². The van der Waals surface area contributed by atoms with Crippen molar-refractivity contribution in [3.8, 4) is 0 Å². The van der Waals surface area contributed by atoms with Crippen LogP contribution in [-0.4, -0.2) is 81.0 Å². The summed E-state index contributed by atoms with van der Waals surface area (Å²) in [5.41, 5.74) is 0. The third kappa shape index (κ3) is 3.83. The van der Waals surface area contributed by atoms with Gasteiger partial charge in [-0.05, 0) is 18.2 Å². The van der Waals surface area contributed by atoms with Crippen molar-refractivity contribution in [2.45, 2.75) is 4.90 Å². The smallest absolute Gasteiger partial charge is 0.246 e. The maximum atomic E-state index is 12.6. The molecule has 3 heterocycles. The SMILES string of the molecule is C=CC(=O)N1CCN(c2ccc(S(=O)(=O)N3CCOCC3)cn2)CC1. The number of anilines is 1.